The number of amides is 2. The molecule has 54 heavy (non-hydrogen) atoms. The minimum Gasteiger partial charge on any atom is -0.469 e. The summed E-state index contributed by atoms with van der Waals surface area (Å²) in [5, 5.41) is 0. The number of rotatable bonds is 6. The van der Waals surface area contributed by atoms with Gasteiger partial charge in [-0.2, -0.15) is 0 Å². The third kappa shape index (κ3) is 5.16. The van der Waals surface area contributed by atoms with Crippen LogP contribution in [-0.4, -0.2) is 82.9 Å². The van der Waals surface area contributed by atoms with Crippen molar-refractivity contribution in [3.63, 3.8) is 0 Å². The number of methoxy groups -OCH3 is 3. The van der Waals surface area contributed by atoms with Crippen molar-refractivity contribution in [3.8, 4) is 0 Å². The molecule has 5 aliphatic rings. The van der Waals surface area contributed by atoms with Gasteiger partial charge in [0.2, 0.25) is 0 Å². The first-order valence-electron chi connectivity index (χ1n) is 17.7. The molecule has 0 aromatic carbocycles. The number of nitrogens with one attached hydrogen (secondary N) is 2. The van der Waals surface area contributed by atoms with Crippen molar-refractivity contribution >= 4 is 68.6 Å². The molecule has 6 heterocycles. The number of hydrogen-bond donors (Lipinski definition) is 2. The number of esters is 3. The van der Waals surface area contributed by atoms with E-state index in [1.54, 1.807) is 6.07 Å². The topological polar surface area (TPSA) is 174 Å². The Kier molecular flexibility index (Phi) is 8.78. The molecule has 13 nitrogen and oxygen atoms in total. The van der Waals surface area contributed by atoms with Crippen LogP contribution in [0.15, 0.2) is 35.4 Å². The molecule has 1 unspecified atom stereocenters. The van der Waals surface area contributed by atoms with E-state index < -0.39 is 35.1 Å². The maximum absolute atomic E-state index is 14.2. The summed E-state index contributed by atoms with van der Waals surface area (Å²) >= 11 is 0. The van der Waals surface area contributed by atoms with E-state index in [1.165, 1.54) is 28.4 Å². The second-order valence-electron chi connectivity index (χ2n) is 14.0. The first-order chi connectivity index (χ1) is 25.7. The molecule has 0 spiro atoms. The molecule has 1 atom stereocenters. The number of nitrogens with zero attached hydrogens (tertiary/aromatic N) is 3. The van der Waals surface area contributed by atoms with Crippen LogP contribution in [0, 0.1) is 6.92 Å². The maximum atomic E-state index is 14.2. The number of fused-ring (bicyclic) bond motifs is 11. The number of hydrogen-bond acceptors (Lipinski definition) is 10. The van der Waals surface area contributed by atoms with E-state index >= 15 is 0 Å². The lowest BCUT2D eigenvalue weighted by Gasteiger charge is -2.33. The molecule has 1 aliphatic carbocycles. The molecular weight excluding hydrogens is 690 g/mol. The highest BCUT2D eigenvalue weighted by Crippen LogP contribution is 2.52. The number of allylic oxidation sites excluding steroid dienone is 6. The minimum absolute atomic E-state index is 0.00922. The van der Waals surface area contributed by atoms with Gasteiger partial charge in [0.25, 0.3) is 11.8 Å². The quantitative estimate of drug-likeness (QED) is 0.198. The molecule has 7 rings (SSSR count). The van der Waals surface area contributed by atoms with Crippen LogP contribution in [0.5, 0.6) is 0 Å². The highest BCUT2D eigenvalue weighted by atomic mass is 16.5. The molecule has 0 saturated carbocycles. The SMILES string of the molecule is CCC1=C(C)c2cc3[nH]c(cc4nc(c5c6[nH]c(cc1n2)c(C)c6C(=O)N(C)C5=O)C(CCC(=O)OC)=C4C)C1(C)C3=CCC(C(=O)OC)=C1C(=O)OC. The number of ether oxygens (including phenoxy) is 3. The zero-order chi connectivity index (χ0) is 39.0. The molecule has 0 fully saturated rings. The third-order valence-corrected chi connectivity index (χ3v) is 11.3. The Hall–Kier alpha value is -6.11. The van der Waals surface area contributed by atoms with Crippen LogP contribution in [0.25, 0.3) is 38.9 Å². The van der Waals surface area contributed by atoms with E-state index in [9.17, 15) is 24.0 Å². The molecule has 0 saturated heterocycles. The summed E-state index contributed by atoms with van der Waals surface area (Å²) < 4.78 is 15.4. The molecule has 8 bridgehead atoms. The molecule has 0 radical (unpaired) electrons. The Morgan fingerprint density at radius 3 is 2.19 bits per heavy atom. The van der Waals surface area contributed by atoms with Crippen LogP contribution in [0.2, 0.25) is 0 Å². The van der Waals surface area contributed by atoms with Crippen molar-refractivity contribution in [2.24, 2.45) is 0 Å². The van der Waals surface area contributed by atoms with Crippen molar-refractivity contribution < 1.29 is 38.2 Å². The van der Waals surface area contributed by atoms with Gasteiger partial charge in [0.05, 0.1) is 77.3 Å². The van der Waals surface area contributed by atoms with Gasteiger partial charge in [0.15, 0.2) is 0 Å². The van der Waals surface area contributed by atoms with E-state index in [4.69, 9.17) is 24.2 Å². The molecule has 13 heteroatoms. The van der Waals surface area contributed by atoms with Gasteiger partial charge in [0, 0.05) is 30.4 Å². The van der Waals surface area contributed by atoms with Gasteiger partial charge >= 0.3 is 17.9 Å². The van der Waals surface area contributed by atoms with Gasteiger partial charge < -0.3 is 24.2 Å². The first kappa shape index (κ1) is 36.3. The predicted octanol–water partition coefficient (Wildman–Crippen LogP) is 6.18. The van der Waals surface area contributed by atoms with Crippen LogP contribution < -0.4 is 0 Å². The summed E-state index contributed by atoms with van der Waals surface area (Å²) in [6.07, 6.45) is 2.90. The molecule has 2 aromatic rings. The van der Waals surface area contributed by atoms with Crippen molar-refractivity contribution in [1.29, 1.82) is 0 Å². The van der Waals surface area contributed by atoms with E-state index in [2.05, 4.69) is 9.97 Å². The van der Waals surface area contributed by atoms with Crippen molar-refractivity contribution in [2.45, 2.75) is 65.7 Å². The van der Waals surface area contributed by atoms with Crippen LogP contribution in [0.1, 0.15) is 114 Å². The van der Waals surface area contributed by atoms with Crippen molar-refractivity contribution in [2.75, 3.05) is 28.4 Å². The number of imide groups is 1. The summed E-state index contributed by atoms with van der Waals surface area (Å²) in [5.74, 6) is -2.79. The second-order valence-corrected chi connectivity index (χ2v) is 14.0. The lowest BCUT2D eigenvalue weighted by molar-refractivity contribution is -0.140. The number of aryl methyl sites for hydroxylation is 1. The Labute approximate surface area is 311 Å². The van der Waals surface area contributed by atoms with E-state index in [1.807, 2.05) is 52.8 Å². The summed E-state index contributed by atoms with van der Waals surface area (Å²) in [4.78, 5) is 85.6. The molecular formula is C41H41N5O8. The minimum atomic E-state index is -1.24. The fourth-order valence-corrected chi connectivity index (χ4v) is 8.27. The van der Waals surface area contributed by atoms with E-state index in [0.29, 0.717) is 73.9 Å². The monoisotopic (exact) mass is 731 g/mol. The molecule has 4 aliphatic heterocycles. The average Bonchev–Trinajstić information content (AvgIpc) is 3.83. The van der Waals surface area contributed by atoms with Gasteiger partial charge in [-0.1, -0.05) is 13.0 Å². The fourth-order valence-electron chi connectivity index (χ4n) is 8.27. The summed E-state index contributed by atoms with van der Waals surface area (Å²) in [5.41, 5.74) is 8.51. The lowest BCUT2D eigenvalue weighted by atomic mass is 9.68. The number of aromatic amines is 2. The van der Waals surface area contributed by atoms with Gasteiger partial charge in [-0.05, 0) is 98.6 Å². The highest BCUT2D eigenvalue weighted by molar-refractivity contribution is 6.24. The third-order valence-electron chi connectivity index (χ3n) is 11.3. The Morgan fingerprint density at radius 2 is 1.52 bits per heavy atom. The van der Waals surface area contributed by atoms with Crippen LogP contribution in [0.3, 0.4) is 0 Å². The summed E-state index contributed by atoms with van der Waals surface area (Å²) in [7, 11) is 5.28. The Balaban J connectivity index is 1.68. The normalized spacial score (nSPS) is 18.5. The number of H-pyrrole nitrogens is 2. The zero-order valence-corrected chi connectivity index (χ0v) is 31.7. The van der Waals surface area contributed by atoms with Gasteiger partial charge in [0.1, 0.15) is 0 Å². The smallest absolute Gasteiger partial charge is 0.335 e. The predicted molar refractivity (Wildman–Crippen MR) is 201 cm³/mol. The van der Waals surface area contributed by atoms with Crippen LogP contribution in [-0.2, 0) is 34.0 Å². The number of aromatic nitrogens is 4. The van der Waals surface area contributed by atoms with Crippen LogP contribution in [0.4, 0.5) is 0 Å². The van der Waals surface area contributed by atoms with Gasteiger partial charge in [-0.25, -0.2) is 19.6 Å². The van der Waals surface area contributed by atoms with Gasteiger partial charge in [-0.15, -0.1) is 0 Å². The maximum Gasteiger partial charge on any atom is 0.335 e. The molecule has 278 valence electrons. The van der Waals surface area contributed by atoms with E-state index in [0.717, 1.165) is 21.6 Å². The fraction of sp³-hybridized carbons (Fsp3) is 0.341. The second kappa shape index (κ2) is 13.1. The number of carbonyl (C=O) groups excluding carboxylic acids is 5. The summed E-state index contributed by atoms with van der Waals surface area (Å²) in [6, 6.07) is 5.63. The highest BCUT2D eigenvalue weighted by Gasteiger charge is 2.49. The molecule has 2 amide bonds. The van der Waals surface area contributed by atoms with E-state index in [-0.39, 0.29) is 36.0 Å². The zero-order valence-electron chi connectivity index (χ0n) is 31.7. The van der Waals surface area contributed by atoms with Crippen molar-refractivity contribution in [3.05, 3.63) is 86.3 Å². The molecule has 2 aromatic heterocycles. The first-order valence-corrected chi connectivity index (χ1v) is 17.7. The van der Waals surface area contributed by atoms with Crippen LogP contribution >= 0.6 is 0 Å². The van der Waals surface area contributed by atoms with Gasteiger partial charge in [-0.3, -0.25) is 19.3 Å². The Bertz CT molecular complexity index is 2470. The Morgan fingerprint density at radius 1 is 0.852 bits per heavy atom. The standard InChI is InChI=1S/C41H41N5O8/c1-10-21-18(2)25-16-29-24-13-11-23(39(50)53-8)34(40(51)54-9)41(24,5)30(43-29)17-27-19(3)22(12-14-31(47)52-7)35(44-27)33-36-32(37(48)46(6)38(33)49)20(4)26(45-36)15-28(21)42-25/h13,15-17,43,45H,10-12,14H2,1-9H3. The lowest BCUT2D eigenvalue weighted by Crippen LogP contribution is -2.37. The molecule has 2 N–H and O–H groups in total. The number of carbonyl (C=O) groups is 5. The average molecular weight is 732 g/mol. The largest absolute Gasteiger partial charge is 0.469 e. The summed E-state index contributed by atoms with van der Waals surface area (Å²) in [6.45, 7) is 9.58. The van der Waals surface area contributed by atoms with Crippen molar-refractivity contribution in [1.82, 2.24) is 24.8 Å².